The van der Waals surface area contributed by atoms with Gasteiger partial charge in [-0.1, -0.05) is 18.2 Å². The van der Waals surface area contributed by atoms with Crippen LogP contribution in [0.4, 0.5) is 5.69 Å². The van der Waals surface area contributed by atoms with Crippen molar-refractivity contribution in [2.24, 2.45) is 4.99 Å². The zero-order chi connectivity index (χ0) is 12.3. The summed E-state index contributed by atoms with van der Waals surface area (Å²) in [5.41, 5.74) is 1.62. The van der Waals surface area contributed by atoms with E-state index in [0.717, 1.165) is 18.4 Å². The summed E-state index contributed by atoms with van der Waals surface area (Å²) in [5, 5.41) is 9.90. The Labute approximate surface area is 127 Å². The summed E-state index contributed by atoms with van der Waals surface area (Å²) in [6, 6.07) is 13.5. The van der Waals surface area contributed by atoms with Crippen LogP contribution in [-0.4, -0.2) is 11.3 Å². The molecule has 4 heteroatoms. The maximum absolute atomic E-state index is 9.90. The fourth-order valence-electron chi connectivity index (χ4n) is 1.34. The Morgan fingerprint density at radius 2 is 1.76 bits per heavy atom. The molecule has 0 atom stereocenters. The lowest BCUT2D eigenvalue weighted by molar-refractivity contribution is 0.470. The van der Waals surface area contributed by atoms with Gasteiger partial charge < -0.3 is 5.11 Å². The number of nitrogens with zero attached hydrogens (tertiary/aromatic N) is 1. The normalized spacial score (nSPS) is 10.9. The van der Waals surface area contributed by atoms with E-state index in [1.54, 1.807) is 6.21 Å². The van der Waals surface area contributed by atoms with Gasteiger partial charge in [0.05, 0.1) is 9.26 Å². The predicted molar refractivity (Wildman–Crippen MR) is 87.2 cm³/mol. The van der Waals surface area contributed by atoms with Crippen molar-refractivity contribution in [3.63, 3.8) is 0 Å². The molecule has 0 aromatic heterocycles. The second kappa shape index (κ2) is 5.81. The molecule has 2 rings (SSSR count). The monoisotopic (exact) mass is 449 g/mol. The van der Waals surface area contributed by atoms with Crippen molar-refractivity contribution in [1.29, 1.82) is 0 Å². The van der Waals surface area contributed by atoms with E-state index in [9.17, 15) is 5.11 Å². The second-order valence-corrected chi connectivity index (χ2v) is 5.83. The first kappa shape index (κ1) is 12.8. The molecule has 0 saturated heterocycles. The van der Waals surface area contributed by atoms with Crippen LogP contribution in [0.1, 0.15) is 5.56 Å². The van der Waals surface area contributed by atoms with Crippen LogP contribution >= 0.6 is 45.2 Å². The van der Waals surface area contributed by atoms with Crippen LogP contribution in [0.25, 0.3) is 0 Å². The Bertz CT molecular complexity index is 553. The van der Waals surface area contributed by atoms with Gasteiger partial charge in [0.25, 0.3) is 0 Å². The van der Waals surface area contributed by atoms with Gasteiger partial charge in [0.2, 0.25) is 0 Å². The first-order valence-electron chi connectivity index (χ1n) is 4.94. The number of phenols is 1. The van der Waals surface area contributed by atoms with E-state index in [0.29, 0.717) is 0 Å². The van der Waals surface area contributed by atoms with Crippen LogP contribution in [0.2, 0.25) is 0 Å². The topological polar surface area (TPSA) is 32.6 Å². The van der Waals surface area contributed by atoms with Crippen LogP contribution in [0, 0.1) is 7.14 Å². The van der Waals surface area contributed by atoms with E-state index in [-0.39, 0.29) is 5.75 Å². The summed E-state index contributed by atoms with van der Waals surface area (Å²) in [4.78, 5) is 4.33. The van der Waals surface area contributed by atoms with E-state index in [2.05, 4.69) is 50.2 Å². The number of phenolic OH excluding ortho intramolecular Hbond substituents is 1. The maximum Gasteiger partial charge on any atom is 0.137 e. The van der Waals surface area contributed by atoms with Gasteiger partial charge >= 0.3 is 0 Å². The molecule has 0 aliphatic heterocycles. The van der Waals surface area contributed by atoms with Gasteiger partial charge in [0.1, 0.15) is 5.75 Å². The van der Waals surface area contributed by atoms with Crippen LogP contribution in [0.15, 0.2) is 47.5 Å². The highest BCUT2D eigenvalue weighted by Crippen LogP contribution is 2.26. The average molecular weight is 449 g/mol. The smallest absolute Gasteiger partial charge is 0.137 e. The van der Waals surface area contributed by atoms with Crippen molar-refractivity contribution in [2.45, 2.75) is 0 Å². The molecule has 2 aromatic carbocycles. The lowest BCUT2D eigenvalue weighted by Gasteiger charge is -2.02. The first-order chi connectivity index (χ1) is 8.16. The van der Waals surface area contributed by atoms with Crippen LogP contribution in [0.3, 0.4) is 0 Å². The van der Waals surface area contributed by atoms with Crippen molar-refractivity contribution < 1.29 is 5.11 Å². The molecule has 1 N–H and O–H groups in total. The summed E-state index contributed by atoms with van der Waals surface area (Å²) < 4.78 is 1.92. The molecule has 0 fully saturated rings. The van der Waals surface area contributed by atoms with Gasteiger partial charge in [-0.05, 0) is 69.4 Å². The maximum atomic E-state index is 9.90. The Hall–Kier alpha value is -0.630. The minimum absolute atomic E-state index is 0.283. The quantitative estimate of drug-likeness (QED) is 0.537. The van der Waals surface area contributed by atoms with Crippen molar-refractivity contribution in [3.8, 4) is 5.75 Å². The lowest BCUT2D eigenvalue weighted by atomic mass is 10.2. The molecule has 2 aromatic rings. The molecule has 0 aliphatic carbocycles. The van der Waals surface area contributed by atoms with Gasteiger partial charge in [-0.15, -0.1) is 0 Å². The fraction of sp³-hybridized carbons (Fsp3) is 0. The zero-order valence-electron chi connectivity index (χ0n) is 8.77. The first-order valence-corrected chi connectivity index (χ1v) is 7.09. The van der Waals surface area contributed by atoms with E-state index in [1.165, 1.54) is 0 Å². The number of benzene rings is 2. The number of aromatic hydroxyl groups is 1. The lowest BCUT2D eigenvalue weighted by Crippen LogP contribution is -1.87. The highest BCUT2D eigenvalue weighted by molar-refractivity contribution is 14.1. The van der Waals surface area contributed by atoms with Crippen LogP contribution in [0.5, 0.6) is 5.75 Å². The molecule has 0 bridgehead atoms. The predicted octanol–water partition coefficient (Wildman–Crippen LogP) is 4.35. The van der Waals surface area contributed by atoms with Crippen LogP contribution < -0.4 is 0 Å². The largest absolute Gasteiger partial charge is 0.506 e. The van der Waals surface area contributed by atoms with Crippen molar-refractivity contribution in [2.75, 3.05) is 0 Å². The summed E-state index contributed by atoms with van der Waals surface area (Å²) >= 11 is 4.34. The number of aliphatic imine (C=N–C) groups is 1. The van der Waals surface area contributed by atoms with Gasteiger partial charge in [0, 0.05) is 15.3 Å². The summed E-state index contributed by atoms with van der Waals surface area (Å²) in [6.07, 6.45) is 1.69. The SMILES string of the molecule is Oc1c(I)cc(I)cc1C=Nc1ccccc1. The number of rotatable bonds is 2. The molecule has 17 heavy (non-hydrogen) atoms. The molecule has 0 amide bonds. The third kappa shape index (κ3) is 3.41. The Morgan fingerprint density at radius 1 is 1.06 bits per heavy atom. The second-order valence-electron chi connectivity index (χ2n) is 3.42. The number of hydrogen-bond donors (Lipinski definition) is 1. The molecule has 86 valence electrons. The molecule has 0 aliphatic rings. The third-order valence-corrected chi connectivity index (χ3v) is 3.61. The molecular formula is C13H9I2NO. The minimum atomic E-state index is 0.283. The molecule has 0 saturated carbocycles. The molecule has 0 heterocycles. The van der Waals surface area contributed by atoms with Crippen molar-refractivity contribution in [1.82, 2.24) is 0 Å². The number of para-hydroxylation sites is 1. The standard InChI is InChI=1S/C13H9I2NO/c14-10-6-9(13(17)12(15)7-10)8-16-11-4-2-1-3-5-11/h1-8,17H. The Balaban J connectivity index is 2.33. The molecule has 2 nitrogen and oxygen atoms in total. The Morgan fingerprint density at radius 3 is 2.47 bits per heavy atom. The minimum Gasteiger partial charge on any atom is -0.506 e. The Kier molecular flexibility index (Phi) is 4.38. The molecule has 0 unspecified atom stereocenters. The molecular weight excluding hydrogens is 440 g/mol. The van der Waals surface area contributed by atoms with E-state index >= 15 is 0 Å². The fourth-order valence-corrected chi connectivity index (χ4v) is 3.23. The third-order valence-electron chi connectivity index (χ3n) is 2.17. The van der Waals surface area contributed by atoms with Crippen molar-refractivity contribution >= 4 is 57.1 Å². The van der Waals surface area contributed by atoms with Gasteiger partial charge in [-0.3, -0.25) is 4.99 Å². The van der Waals surface area contributed by atoms with E-state index < -0.39 is 0 Å². The zero-order valence-corrected chi connectivity index (χ0v) is 13.1. The highest BCUT2D eigenvalue weighted by atomic mass is 127. The molecule has 0 spiro atoms. The van der Waals surface area contributed by atoms with E-state index in [1.807, 2.05) is 42.5 Å². The van der Waals surface area contributed by atoms with Crippen molar-refractivity contribution in [3.05, 3.63) is 55.2 Å². The van der Waals surface area contributed by atoms with E-state index in [4.69, 9.17) is 0 Å². The van der Waals surface area contributed by atoms with Gasteiger partial charge in [0.15, 0.2) is 0 Å². The summed E-state index contributed by atoms with van der Waals surface area (Å²) in [6.45, 7) is 0. The summed E-state index contributed by atoms with van der Waals surface area (Å²) in [5.74, 6) is 0.283. The summed E-state index contributed by atoms with van der Waals surface area (Å²) in [7, 11) is 0. The molecule has 0 radical (unpaired) electrons. The van der Waals surface area contributed by atoms with Crippen LogP contribution in [-0.2, 0) is 0 Å². The highest BCUT2D eigenvalue weighted by Gasteiger charge is 2.04. The average Bonchev–Trinajstić information content (AvgIpc) is 2.33. The number of halogens is 2. The van der Waals surface area contributed by atoms with Gasteiger partial charge in [-0.2, -0.15) is 0 Å². The van der Waals surface area contributed by atoms with Gasteiger partial charge in [-0.25, -0.2) is 0 Å². The number of hydrogen-bond acceptors (Lipinski definition) is 2.